The number of hydrogen-bond donors (Lipinski definition) is 1. The molecule has 0 saturated carbocycles. The molecule has 2 nitrogen and oxygen atoms in total. The van der Waals surface area contributed by atoms with Crippen molar-refractivity contribution < 1.29 is 4.74 Å². The average Bonchev–Trinajstić information content (AvgIpc) is 2.90. The lowest BCUT2D eigenvalue weighted by molar-refractivity contribution is 0.0832. The minimum atomic E-state index is 0.403. The number of rotatable bonds is 5. The highest BCUT2D eigenvalue weighted by Gasteiger charge is 2.21. The van der Waals surface area contributed by atoms with E-state index >= 15 is 0 Å². The molecule has 1 N–H and O–H groups in total. The van der Waals surface area contributed by atoms with Gasteiger partial charge in [0.05, 0.1) is 6.10 Å². The smallest absolute Gasteiger partial charge is 0.0726 e. The molecule has 0 amide bonds. The van der Waals surface area contributed by atoms with Gasteiger partial charge in [-0.3, -0.25) is 0 Å². The average molecular weight is 247 g/mol. The molecule has 2 atom stereocenters. The van der Waals surface area contributed by atoms with Gasteiger partial charge in [0.2, 0.25) is 0 Å². The van der Waals surface area contributed by atoms with Gasteiger partial charge >= 0.3 is 0 Å². The summed E-state index contributed by atoms with van der Waals surface area (Å²) in [5.74, 6) is 0.609. The van der Waals surface area contributed by atoms with Crippen molar-refractivity contribution in [2.24, 2.45) is 0 Å². The Hall–Kier alpha value is -0.860. The Morgan fingerprint density at radius 1 is 1.22 bits per heavy atom. The van der Waals surface area contributed by atoms with Crippen LogP contribution >= 0.6 is 0 Å². The van der Waals surface area contributed by atoms with E-state index in [1.807, 2.05) is 0 Å². The van der Waals surface area contributed by atoms with E-state index in [2.05, 4.69) is 50.4 Å². The zero-order chi connectivity index (χ0) is 13.0. The van der Waals surface area contributed by atoms with Crippen LogP contribution in [0.15, 0.2) is 24.3 Å². The van der Waals surface area contributed by atoms with Gasteiger partial charge in [-0.2, -0.15) is 0 Å². The molecule has 0 aliphatic carbocycles. The maximum Gasteiger partial charge on any atom is 0.0726 e. The number of benzene rings is 1. The van der Waals surface area contributed by atoms with E-state index in [0.29, 0.717) is 18.1 Å². The van der Waals surface area contributed by atoms with Crippen LogP contribution in [0.1, 0.15) is 50.7 Å². The first-order valence-corrected chi connectivity index (χ1v) is 7.10. The predicted molar refractivity (Wildman–Crippen MR) is 75.8 cm³/mol. The molecule has 2 rings (SSSR count). The molecule has 0 radical (unpaired) electrons. The molecule has 1 saturated heterocycles. The van der Waals surface area contributed by atoms with Crippen LogP contribution in [-0.2, 0) is 11.3 Å². The number of ether oxygens (including phenoxy) is 1. The van der Waals surface area contributed by atoms with Gasteiger partial charge in [0.1, 0.15) is 0 Å². The summed E-state index contributed by atoms with van der Waals surface area (Å²) in [6.07, 6.45) is 2.81. The molecule has 1 aliphatic heterocycles. The summed E-state index contributed by atoms with van der Waals surface area (Å²) in [4.78, 5) is 0. The Balaban J connectivity index is 1.82. The Morgan fingerprint density at radius 2 is 1.94 bits per heavy atom. The van der Waals surface area contributed by atoms with Crippen molar-refractivity contribution in [3.05, 3.63) is 35.4 Å². The van der Waals surface area contributed by atoms with E-state index in [4.69, 9.17) is 4.74 Å². The number of hydrogen-bond acceptors (Lipinski definition) is 2. The van der Waals surface area contributed by atoms with Crippen molar-refractivity contribution in [3.63, 3.8) is 0 Å². The standard InChI is InChI=1S/C16H25NO/c1-12(2)15-8-6-14(7-9-15)11-17-13(3)16-5-4-10-18-16/h6-9,12-13,16-17H,4-5,10-11H2,1-3H3. The second kappa shape index (κ2) is 6.35. The highest BCUT2D eigenvalue weighted by molar-refractivity contribution is 5.24. The van der Waals surface area contributed by atoms with Gasteiger partial charge in [-0.05, 0) is 36.8 Å². The van der Waals surface area contributed by atoms with Gasteiger partial charge in [0, 0.05) is 19.2 Å². The largest absolute Gasteiger partial charge is 0.377 e. The zero-order valence-corrected chi connectivity index (χ0v) is 11.8. The van der Waals surface area contributed by atoms with Crippen LogP contribution in [0.3, 0.4) is 0 Å². The fraction of sp³-hybridized carbons (Fsp3) is 0.625. The molecule has 18 heavy (non-hydrogen) atoms. The molecule has 1 fully saturated rings. The molecule has 100 valence electrons. The molecule has 1 aliphatic rings. The highest BCUT2D eigenvalue weighted by atomic mass is 16.5. The minimum Gasteiger partial charge on any atom is -0.377 e. The van der Waals surface area contributed by atoms with Gasteiger partial charge in [-0.1, -0.05) is 38.1 Å². The van der Waals surface area contributed by atoms with Crippen molar-refractivity contribution >= 4 is 0 Å². The molecule has 0 aromatic heterocycles. The lowest BCUT2D eigenvalue weighted by Gasteiger charge is -2.20. The number of nitrogens with one attached hydrogen (secondary N) is 1. The third kappa shape index (κ3) is 3.56. The van der Waals surface area contributed by atoms with Crippen molar-refractivity contribution in [2.75, 3.05) is 6.61 Å². The van der Waals surface area contributed by atoms with E-state index in [1.54, 1.807) is 0 Å². The monoisotopic (exact) mass is 247 g/mol. The van der Waals surface area contributed by atoms with Crippen LogP contribution in [0.5, 0.6) is 0 Å². The molecule has 1 aromatic rings. The molecule has 0 spiro atoms. The second-order valence-corrected chi connectivity index (χ2v) is 5.62. The fourth-order valence-corrected chi connectivity index (χ4v) is 2.43. The van der Waals surface area contributed by atoms with Crippen LogP contribution in [0, 0.1) is 0 Å². The molecule has 0 bridgehead atoms. The first kappa shape index (κ1) is 13.6. The zero-order valence-electron chi connectivity index (χ0n) is 11.8. The van der Waals surface area contributed by atoms with E-state index in [-0.39, 0.29) is 0 Å². The van der Waals surface area contributed by atoms with Crippen LogP contribution < -0.4 is 5.32 Å². The predicted octanol–water partition coefficient (Wildman–Crippen LogP) is 3.47. The van der Waals surface area contributed by atoms with Gasteiger partial charge in [0.15, 0.2) is 0 Å². The van der Waals surface area contributed by atoms with E-state index in [0.717, 1.165) is 13.2 Å². The molecular weight excluding hydrogens is 222 g/mol. The second-order valence-electron chi connectivity index (χ2n) is 5.62. The first-order valence-electron chi connectivity index (χ1n) is 7.10. The van der Waals surface area contributed by atoms with Gasteiger partial charge < -0.3 is 10.1 Å². The summed E-state index contributed by atoms with van der Waals surface area (Å²) < 4.78 is 5.69. The maximum atomic E-state index is 5.69. The fourth-order valence-electron chi connectivity index (χ4n) is 2.43. The summed E-state index contributed by atoms with van der Waals surface area (Å²) in [6, 6.07) is 9.36. The van der Waals surface area contributed by atoms with Crippen molar-refractivity contribution in [2.45, 2.75) is 58.2 Å². The van der Waals surface area contributed by atoms with E-state index in [9.17, 15) is 0 Å². The van der Waals surface area contributed by atoms with Crippen LogP contribution in [0.25, 0.3) is 0 Å². The highest BCUT2D eigenvalue weighted by Crippen LogP contribution is 2.17. The Labute approximate surface area is 111 Å². The molecule has 2 heteroatoms. The summed E-state index contributed by atoms with van der Waals surface area (Å²) >= 11 is 0. The van der Waals surface area contributed by atoms with Crippen molar-refractivity contribution in [3.8, 4) is 0 Å². The van der Waals surface area contributed by atoms with Gasteiger partial charge in [-0.15, -0.1) is 0 Å². The van der Waals surface area contributed by atoms with Gasteiger partial charge in [-0.25, -0.2) is 0 Å². The SMILES string of the molecule is CC(C)c1ccc(CNC(C)C2CCCO2)cc1. The third-order valence-electron chi connectivity index (χ3n) is 3.80. The van der Waals surface area contributed by atoms with Crippen LogP contribution in [0.2, 0.25) is 0 Å². The topological polar surface area (TPSA) is 21.3 Å². The van der Waals surface area contributed by atoms with E-state index in [1.165, 1.54) is 24.0 Å². The first-order chi connectivity index (χ1) is 8.66. The van der Waals surface area contributed by atoms with Crippen molar-refractivity contribution in [1.82, 2.24) is 5.32 Å². The molecular formula is C16H25NO. The third-order valence-corrected chi connectivity index (χ3v) is 3.80. The van der Waals surface area contributed by atoms with E-state index < -0.39 is 0 Å². The lowest BCUT2D eigenvalue weighted by atomic mass is 10.0. The normalized spacial score (nSPS) is 21.4. The summed E-state index contributed by atoms with van der Waals surface area (Å²) in [6.45, 7) is 8.54. The van der Waals surface area contributed by atoms with Crippen molar-refractivity contribution in [1.29, 1.82) is 0 Å². The Morgan fingerprint density at radius 3 is 2.50 bits per heavy atom. The summed E-state index contributed by atoms with van der Waals surface area (Å²) in [5.41, 5.74) is 2.76. The Bertz CT molecular complexity index is 352. The molecule has 1 heterocycles. The summed E-state index contributed by atoms with van der Waals surface area (Å²) in [5, 5.41) is 3.56. The molecule has 1 aromatic carbocycles. The minimum absolute atomic E-state index is 0.403. The quantitative estimate of drug-likeness (QED) is 0.860. The van der Waals surface area contributed by atoms with Crippen LogP contribution in [-0.4, -0.2) is 18.8 Å². The Kier molecular flexibility index (Phi) is 4.79. The lowest BCUT2D eigenvalue weighted by Crippen LogP contribution is -2.36. The maximum absolute atomic E-state index is 5.69. The summed E-state index contributed by atoms with van der Waals surface area (Å²) in [7, 11) is 0. The van der Waals surface area contributed by atoms with Crippen LogP contribution in [0.4, 0.5) is 0 Å². The van der Waals surface area contributed by atoms with Gasteiger partial charge in [0.25, 0.3) is 0 Å². The molecule has 2 unspecified atom stereocenters.